The van der Waals surface area contributed by atoms with Gasteiger partial charge in [0.2, 0.25) is 0 Å². The summed E-state index contributed by atoms with van der Waals surface area (Å²) in [5.41, 5.74) is 1.18. The van der Waals surface area contributed by atoms with Crippen molar-refractivity contribution in [2.24, 2.45) is 10.2 Å². The molecule has 1 aromatic rings. The van der Waals surface area contributed by atoms with Crippen LogP contribution in [0.1, 0.15) is 10.4 Å². The maximum absolute atomic E-state index is 11.4. The molecule has 0 bridgehead atoms. The summed E-state index contributed by atoms with van der Waals surface area (Å²) in [6, 6.07) is 8.78. The monoisotopic (exact) mass is 200 g/mol. The van der Waals surface area contributed by atoms with Gasteiger partial charge in [-0.1, -0.05) is 18.2 Å². The average Bonchev–Trinajstić information content (AvgIpc) is 2.80. The van der Waals surface area contributed by atoms with Crippen LogP contribution in [0.4, 0.5) is 0 Å². The van der Waals surface area contributed by atoms with E-state index in [2.05, 4.69) is 10.2 Å². The zero-order chi connectivity index (χ0) is 10.5. The molecule has 0 saturated carbocycles. The Morgan fingerprint density at radius 2 is 1.80 bits per heavy atom. The summed E-state index contributed by atoms with van der Waals surface area (Å²) >= 11 is 0. The van der Waals surface area contributed by atoms with E-state index in [1.54, 1.807) is 24.3 Å². The first-order valence-electron chi connectivity index (χ1n) is 4.39. The molecule has 1 aliphatic heterocycles. The Labute approximate surface area is 86.6 Å². The Kier molecular flexibility index (Phi) is 2.69. The number of carbonyl (C=O) groups is 1. The Morgan fingerprint density at radius 1 is 1.13 bits per heavy atom. The van der Waals surface area contributed by atoms with Crippen molar-refractivity contribution in [2.75, 3.05) is 0 Å². The Morgan fingerprint density at radius 3 is 2.47 bits per heavy atom. The summed E-state index contributed by atoms with van der Waals surface area (Å²) in [5, 5.41) is 7.20. The van der Waals surface area contributed by atoms with Crippen molar-refractivity contribution in [3.63, 3.8) is 0 Å². The largest absolute Gasteiger partial charge is 0.430 e. The van der Waals surface area contributed by atoms with Gasteiger partial charge in [0.1, 0.15) is 6.26 Å². The van der Waals surface area contributed by atoms with E-state index < -0.39 is 5.97 Å². The van der Waals surface area contributed by atoms with Crippen LogP contribution in [0, 0.1) is 0 Å². The first-order valence-corrected chi connectivity index (χ1v) is 4.39. The summed E-state index contributed by atoms with van der Waals surface area (Å²) in [4.78, 5) is 11.4. The zero-order valence-electron chi connectivity index (χ0n) is 7.83. The summed E-state index contributed by atoms with van der Waals surface area (Å²) < 4.78 is 4.93. The highest BCUT2D eigenvalue weighted by atomic mass is 16.5. The highest BCUT2D eigenvalue weighted by Gasteiger charge is 2.04. The first kappa shape index (κ1) is 9.33. The van der Waals surface area contributed by atoms with Crippen LogP contribution in [0.25, 0.3) is 0 Å². The zero-order valence-corrected chi connectivity index (χ0v) is 7.83. The summed E-state index contributed by atoms with van der Waals surface area (Å²) in [6.07, 6.45) is 4.35. The number of rotatable bonds is 2. The Hall–Kier alpha value is -2.23. The molecule has 0 N–H and O–H groups in total. The van der Waals surface area contributed by atoms with Crippen LogP contribution < -0.4 is 0 Å². The normalized spacial score (nSPS) is 12.9. The molecule has 0 aromatic heterocycles. The standard InChI is InChI=1S/C11H8N2O2/c14-11(10-4-2-1-3-5-10)15-8-9-6-12-13-7-9/h1-8H. The van der Waals surface area contributed by atoms with Crippen LogP contribution in [0.3, 0.4) is 0 Å². The predicted molar refractivity (Wildman–Crippen MR) is 56.9 cm³/mol. The van der Waals surface area contributed by atoms with Crippen molar-refractivity contribution in [2.45, 2.75) is 0 Å². The van der Waals surface area contributed by atoms with Gasteiger partial charge in [-0.2, -0.15) is 10.2 Å². The molecule has 0 amide bonds. The van der Waals surface area contributed by atoms with Crippen LogP contribution in [-0.2, 0) is 4.74 Å². The molecule has 0 unspecified atom stereocenters. The lowest BCUT2D eigenvalue weighted by atomic mass is 10.2. The minimum Gasteiger partial charge on any atom is -0.430 e. The SMILES string of the molecule is O=C(OC=C1C=NN=C1)c1ccccc1. The van der Waals surface area contributed by atoms with Gasteiger partial charge in [-0.05, 0) is 12.1 Å². The fourth-order valence-corrected chi connectivity index (χ4v) is 1.06. The molecule has 0 spiro atoms. The van der Waals surface area contributed by atoms with E-state index >= 15 is 0 Å². The van der Waals surface area contributed by atoms with Crippen molar-refractivity contribution in [1.82, 2.24) is 0 Å². The fourth-order valence-electron chi connectivity index (χ4n) is 1.06. The lowest BCUT2D eigenvalue weighted by molar-refractivity contribution is 0.0662. The van der Waals surface area contributed by atoms with Gasteiger partial charge in [-0.15, -0.1) is 0 Å². The Bertz CT molecular complexity index is 433. The topological polar surface area (TPSA) is 51.0 Å². The number of carbonyl (C=O) groups excluding carboxylic acids is 1. The van der Waals surface area contributed by atoms with Crippen molar-refractivity contribution < 1.29 is 9.53 Å². The van der Waals surface area contributed by atoms with E-state index in [-0.39, 0.29) is 0 Å². The molecule has 0 radical (unpaired) electrons. The average molecular weight is 200 g/mol. The summed E-state index contributed by atoms with van der Waals surface area (Å²) in [5.74, 6) is -0.392. The maximum Gasteiger partial charge on any atom is 0.342 e. The highest BCUT2D eigenvalue weighted by molar-refractivity contribution is 6.06. The molecule has 0 aliphatic carbocycles. The second-order valence-electron chi connectivity index (χ2n) is 2.88. The molecule has 1 aromatic carbocycles. The van der Waals surface area contributed by atoms with Crippen molar-refractivity contribution in [1.29, 1.82) is 0 Å². The molecule has 0 fully saturated rings. The van der Waals surface area contributed by atoms with Crippen LogP contribution in [-0.4, -0.2) is 18.4 Å². The van der Waals surface area contributed by atoms with Gasteiger partial charge in [-0.25, -0.2) is 4.79 Å². The van der Waals surface area contributed by atoms with Crippen LogP contribution in [0.2, 0.25) is 0 Å². The molecular formula is C11H8N2O2. The summed E-state index contributed by atoms with van der Waals surface area (Å²) in [6.45, 7) is 0. The molecular weight excluding hydrogens is 192 g/mol. The highest BCUT2D eigenvalue weighted by Crippen LogP contribution is 2.03. The van der Waals surface area contributed by atoms with E-state index in [0.717, 1.165) is 0 Å². The lowest BCUT2D eigenvalue weighted by Gasteiger charge is -1.98. The van der Waals surface area contributed by atoms with Gasteiger partial charge in [-0.3, -0.25) is 0 Å². The number of hydrogen-bond donors (Lipinski definition) is 0. The van der Waals surface area contributed by atoms with Crippen LogP contribution in [0.5, 0.6) is 0 Å². The van der Waals surface area contributed by atoms with E-state index in [0.29, 0.717) is 11.1 Å². The maximum atomic E-state index is 11.4. The van der Waals surface area contributed by atoms with Gasteiger partial charge in [0.15, 0.2) is 0 Å². The van der Waals surface area contributed by atoms with Gasteiger partial charge in [0, 0.05) is 0 Å². The minimum atomic E-state index is -0.392. The predicted octanol–water partition coefficient (Wildman–Crippen LogP) is 1.80. The summed E-state index contributed by atoms with van der Waals surface area (Å²) in [7, 11) is 0. The number of nitrogens with zero attached hydrogens (tertiary/aromatic N) is 2. The van der Waals surface area contributed by atoms with Crippen molar-refractivity contribution >= 4 is 18.4 Å². The smallest absolute Gasteiger partial charge is 0.342 e. The van der Waals surface area contributed by atoms with Gasteiger partial charge >= 0.3 is 5.97 Å². The molecule has 2 rings (SSSR count). The molecule has 74 valence electrons. The van der Waals surface area contributed by atoms with Crippen LogP contribution >= 0.6 is 0 Å². The molecule has 1 heterocycles. The van der Waals surface area contributed by atoms with Gasteiger partial charge in [0.25, 0.3) is 0 Å². The third-order valence-electron chi connectivity index (χ3n) is 1.79. The van der Waals surface area contributed by atoms with E-state index in [4.69, 9.17) is 4.74 Å². The number of esters is 1. The second kappa shape index (κ2) is 4.32. The van der Waals surface area contributed by atoms with E-state index in [1.807, 2.05) is 6.07 Å². The number of hydrogen-bond acceptors (Lipinski definition) is 4. The fraction of sp³-hybridized carbons (Fsp3) is 0. The molecule has 4 heteroatoms. The van der Waals surface area contributed by atoms with E-state index in [1.165, 1.54) is 18.7 Å². The molecule has 0 atom stereocenters. The number of ether oxygens (including phenoxy) is 1. The quantitative estimate of drug-likeness (QED) is 0.540. The van der Waals surface area contributed by atoms with Crippen LogP contribution in [0.15, 0.2) is 52.4 Å². The third-order valence-corrected chi connectivity index (χ3v) is 1.79. The third kappa shape index (κ3) is 2.37. The molecule has 1 aliphatic rings. The number of allylic oxidation sites excluding steroid dienone is 1. The lowest BCUT2D eigenvalue weighted by Crippen LogP contribution is -2.00. The molecule has 15 heavy (non-hydrogen) atoms. The van der Waals surface area contributed by atoms with Crippen molar-refractivity contribution in [3.05, 3.63) is 47.7 Å². The van der Waals surface area contributed by atoms with Gasteiger partial charge in [0.05, 0.1) is 23.6 Å². The Balaban J connectivity index is 2.02. The molecule has 4 nitrogen and oxygen atoms in total. The van der Waals surface area contributed by atoms with E-state index in [9.17, 15) is 4.79 Å². The second-order valence-corrected chi connectivity index (χ2v) is 2.88. The minimum absolute atomic E-state index is 0.392. The van der Waals surface area contributed by atoms with Crippen molar-refractivity contribution in [3.8, 4) is 0 Å². The van der Waals surface area contributed by atoms with Gasteiger partial charge < -0.3 is 4.74 Å². The molecule has 0 saturated heterocycles. The number of benzene rings is 1. The first-order chi connectivity index (χ1) is 7.36.